The minimum absolute atomic E-state index is 1.02. The van der Waals surface area contributed by atoms with E-state index in [-0.39, 0.29) is 0 Å². The molecule has 0 radical (unpaired) electrons. The van der Waals surface area contributed by atoms with Crippen molar-refractivity contribution in [3.05, 3.63) is 107 Å². The second kappa shape index (κ2) is 73.7. The normalized spacial score (nSPS) is 17.8. The fraction of sp³-hybridized carbons (Fsp3) is 0.760. The predicted molar refractivity (Wildman–Crippen MR) is 358 cm³/mol. The summed E-state index contributed by atoms with van der Waals surface area (Å²) in [5.41, 5.74) is 6.72. The molecule has 4 saturated carbocycles. The summed E-state index contributed by atoms with van der Waals surface area (Å²) in [6.45, 7) is 52.8. The maximum absolute atomic E-state index is 2.43. The van der Waals surface area contributed by atoms with E-state index in [0.29, 0.717) is 0 Å². The van der Waals surface area contributed by atoms with Crippen molar-refractivity contribution >= 4 is 0 Å². The Hall–Kier alpha value is -2.34. The number of benzene rings is 3. The van der Waals surface area contributed by atoms with Gasteiger partial charge < -0.3 is 0 Å². The molecule has 4 fully saturated rings. The minimum atomic E-state index is 1.02. The first-order valence-corrected chi connectivity index (χ1v) is 33.6. The highest BCUT2D eigenvalue weighted by Crippen LogP contribution is 2.38. The molecule has 0 spiro atoms. The van der Waals surface area contributed by atoms with Crippen LogP contribution < -0.4 is 0 Å². The van der Waals surface area contributed by atoms with Gasteiger partial charge in [-0.2, -0.15) is 0 Å². The first-order valence-electron chi connectivity index (χ1n) is 33.6. The molecule has 0 nitrogen and oxygen atoms in total. The van der Waals surface area contributed by atoms with Crippen molar-refractivity contribution in [2.24, 2.45) is 35.5 Å². The predicted octanol–water partition coefficient (Wildman–Crippen LogP) is 27.7. The second-order valence-corrected chi connectivity index (χ2v) is 20.7. The average Bonchev–Trinajstić information content (AvgIpc) is 3.47. The Morgan fingerprint density at radius 3 is 0.813 bits per heavy atom. The van der Waals surface area contributed by atoms with Gasteiger partial charge in [0, 0.05) is 0 Å². The van der Waals surface area contributed by atoms with Gasteiger partial charge in [-0.25, -0.2) is 0 Å². The van der Waals surface area contributed by atoms with Crippen molar-refractivity contribution in [1.82, 2.24) is 0 Å². The van der Waals surface area contributed by atoms with Crippen molar-refractivity contribution < 1.29 is 0 Å². The minimum Gasteiger partial charge on any atom is -0.0683 e. The lowest BCUT2D eigenvalue weighted by Crippen LogP contribution is -2.19. The molecule has 0 aromatic heterocycles. The van der Waals surface area contributed by atoms with Crippen molar-refractivity contribution in [3.63, 3.8) is 0 Å². The van der Waals surface area contributed by atoms with E-state index < -0.39 is 0 Å². The van der Waals surface area contributed by atoms with E-state index in [1.807, 2.05) is 101 Å². The van der Waals surface area contributed by atoms with Gasteiger partial charge in [0.25, 0.3) is 0 Å². The smallest absolute Gasteiger partial charge is 0.00258 e. The summed E-state index contributed by atoms with van der Waals surface area (Å²) in [6, 6.07) is 27.8. The topological polar surface area (TPSA) is 0 Å². The lowest BCUT2D eigenvalue weighted by Gasteiger charge is -2.32. The van der Waals surface area contributed by atoms with Crippen LogP contribution in [0.3, 0.4) is 0 Å². The summed E-state index contributed by atoms with van der Waals surface area (Å²) in [5.74, 6) is 6.36. The highest BCUT2D eigenvalue weighted by atomic mass is 14.3. The molecule has 0 N–H and O–H groups in total. The molecule has 0 aliphatic heterocycles. The van der Waals surface area contributed by atoms with Crippen LogP contribution in [0.1, 0.15) is 341 Å². The molecule has 75 heavy (non-hydrogen) atoms. The van der Waals surface area contributed by atoms with Crippen molar-refractivity contribution in [1.29, 1.82) is 0 Å². The quantitative estimate of drug-likeness (QED) is 0.221. The number of unbranched alkanes of at least 4 members (excludes halogenated alkanes) is 2. The van der Waals surface area contributed by atoms with Crippen LogP contribution in [-0.4, -0.2) is 0 Å². The van der Waals surface area contributed by atoms with E-state index >= 15 is 0 Å². The maximum atomic E-state index is 2.43. The van der Waals surface area contributed by atoms with Gasteiger partial charge in [0.15, 0.2) is 0 Å². The van der Waals surface area contributed by atoms with Crippen LogP contribution in [0.15, 0.2) is 78.9 Å². The summed E-state index contributed by atoms with van der Waals surface area (Å²) >= 11 is 0. The molecular weight excluding hydrogens is 901 g/mol. The van der Waals surface area contributed by atoms with E-state index in [9.17, 15) is 0 Å². The summed E-state index contributed by atoms with van der Waals surface area (Å²) in [7, 11) is 0. The summed E-state index contributed by atoms with van der Waals surface area (Å²) in [4.78, 5) is 0. The third-order valence-corrected chi connectivity index (χ3v) is 13.4. The highest BCUT2D eigenvalue weighted by Gasteiger charge is 2.24. The highest BCUT2D eigenvalue weighted by molar-refractivity contribution is 5.29. The van der Waals surface area contributed by atoms with Crippen LogP contribution in [0, 0.1) is 56.3 Å². The van der Waals surface area contributed by atoms with Crippen molar-refractivity contribution in [2.45, 2.75) is 340 Å². The van der Waals surface area contributed by atoms with E-state index in [0.717, 1.165) is 41.9 Å². The van der Waals surface area contributed by atoms with E-state index in [1.54, 1.807) is 6.42 Å². The van der Waals surface area contributed by atoms with Crippen molar-refractivity contribution in [2.75, 3.05) is 0 Å². The fourth-order valence-electron chi connectivity index (χ4n) is 9.04. The van der Waals surface area contributed by atoms with Gasteiger partial charge in [-0.1, -0.05) is 402 Å². The van der Waals surface area contributed by atoms with Crippen LogP contribution in [-0.2, 0) is 6.42 Å². The first kappa shape index (κ1) is 86.5. The zero-order valence-corrected chi connectivity index (χ0v) is 56.9. The molecule has 0 amide bonds. The zero-order chi connectivity index (χ0) is 58.9. The number of aryl methyl sites for hydroxylation is 3. The molecule has 446 valence electrons. The van der Waals surface area contributed by atoms with Crippen LogP contribution in [0.25, 0.3) is 0 Å². The Balaban J connectivity index is -0.000000143. The van der Waals surface area contributed by atoms with Crippen LogP contribution >= 0.6 is 0 Å². The average molecular weight is 1050 g/mol. The molecule has 4 aliphatic rings. The summed E-state index contributed by atoms with van der Waals surface area (Å²) in [5, 5.41) is 0. The second-order valence-electron chi connectivity index (χ2n) is 20.7. The molecule has 7 rings (SSSR count). The maximum Gasteiger partial charge on any atom is -0.00258 e. The molecule has 3 aromatic carbocycles. The van der Waals surface area contributed by atoms with Gasteiger partial charge in [-0.15, -0.1) is 0 Å². The largest absolute Gasteiger partial charge is 0.0683 e. The Morgan fingerprint density at radius 2 is 0.600 bits per heavy atom. The third kappa shape index (κ3) is 64.1. The zero-order valence-electron chi connectivity index (χ0n) is 56.9. The van der Waals surface area contributed by atoms with Gasteiger partial charge in [-0.05, 0) is 80.2 Å². The molecule has 0 atom stereocenters. The molecule has 4 aliphatic carbocycles. The molecule has 3 aromatic rings. The molecule has 0 heterocycles. The Kier molecular flexibility index (Phi) is 85.1. The fourth-order valence-corrected chi connectivity index (χ4v) is 9.04. The Morgan fingerprint density at radius 1 is 0.320 bits per heavy atom. The lowest BCUT2D eigenvalue weighted by atomic mass is 9.74. The van der Waals surface area contributed by atoms with Gasteiger partial charge in [0.05, 0.1) is 0 Å². The summed E-state index contributed by atoms with van der Waals surface area (Å²) in [6.07, 6.45) is 37.7. The third-order valence-electron chi connectivity index (χ3n) is 13.4. The molecule has 0 bridgehead atoms. The van der Waals surface area contributed by atoms with E-state index in [1.165, 1.54) is 182 Å². The first-order chi connectivity index (χ1) is 36.4. The monoisotopic (exact) mass is 1050 g/mol. The van der Waals surface area contributed by atoms with Gasteiger partial charge in [-0.3, -0.25) is 0 Å². The van der Waals surface area contributed by atoms with Crippen molar-refractivity contribution in [3.8, 4) is 0 Å². The molecule has 0 heteroatoms. The van der Waals surface area contributed by atoms with Gasteiger partial charge in [0.2, 0.25) is 0 Å². The van der Waals surface area contributed by atoms with E-state index in [4.69, 9.17) is 0 Å². The van der Waals surface area contributed by atoms with Crippen LogP contribution in [0.5, 0.6) is 0 Å². The number of rotatable bonds is 7. The number of hydrogen-bond donors (Lipinski definition) is 0. The van der Waals surface area contributed by atoms with Crippen LogP contribution in [0.2, 0.25) is 0 Å². The molecule has 0 saturated heterocycles. The lowest BCUT2D eigenvalue weighted by molar-refractivity contribution is 0.201. The molecular formula is C75H146. The number of hydrogen-bond acceptors (Lipinski definition) is 0. The Bertz CT molecular complexity index is 1240. The molecule has 0 unspecified atom stereocenters. The SMILES string of the molecule is CC.CC.CC.CC.CC.CC.CC1CCC(CC2CCC(C)CC2)CC1.CC1CCCCC1.CCC.CCC.CCC1CCCCC1.CCCCC.Cc1ccc(Cc2ccc(C)cc2)cc1.Cc1ccccc1. The van der Waals surface area contributed by atoms with Gasteiger partial charge >= 0.3 is 0 Å². The van der Waals surface area contributed by atoms with Gasteiger partial charge in [0.1, 0.15) is 0 Å². The van der Waals surface area contributed by atoms with E-state index in [2.05, 4.69) is 151 Å². The summed E-state index contributed by atoms with van der Waals surface area (Å²) < 4.78 is 0. The van der Waals surface area contributed by atoms with Crippen LogP contribution in [0.4, 0.5) is 0 Å². The Labute approximate surface area is 479 Å². The standard InChI is InChI=1S/C15H28.C15H16.C8H16.C7H14.C7H8.C5H12.2C3H8.6C2H6/c2*1-12-3-7-14(8-4-12)11-15-9-5-13(2)6-10-15;1-2-8-6-4-3-5-7-8;2*1-7-5-3-2-4-6-7;1-3-5-4-2;2*1-3-2;6*1-2/h12-15H,3-11H2,1-2H3;3-10H,11H2,1-2H3;8H,2-7H2,1H3;7H,2-6H2,1H3;2-6H,1H3;3-5H2,1-2H3;2*3H2,1-2H3;6*1-2H3.